The monoisotopic (exact) mass is 230 g/mol. The Bertz CT molecular complexity index is 283. The number of hydrogen-bond acceptors (Lipinski definition) is 2. The highest BCUT2D eigenvalue weighted by molar-refractivity contribution is 7.96. The number of thiol groups is 2. The SMILES string of the molecule is Cc1ccccc1CCS.O=C(O)S. The van der Waals surface area contributed by atoms with E-state index in [4.69, 9.17) is 9.90 Å². The van der Waals surface area contributed by atoms with Gasteiger partial charge in [-0.05, 0) is 30.2 Å². The molecular formula is C10H14O2S2. The zero-order valence-corrected chi connectivity index (χ0v) is 9.76. The van der Waals surface area contributed by atoms with E-state index in [0.29, 0.717) is 0 Å². The Morgan fingerprint density at radius 1 is 1.43 bits per heavy atom. The molecule has 0 aliphatic heterocycles. The molecule has 0 saturated heterocycles. The summed E-state index contributed by atoms with van der Waals surface area (Å²) in [5, 5.41) is 6.14. The summed E-state index contributed by atoms with van der Waals surface area (Å²) in [5.41, 5.74) is 2.79. The van der Waals surface area contributed by atoms with Crippen molar-refractivity contribution in [3.63, 3.8) is 0 Å². The Morgan fingerprint density at radius 3 is 2.36 bits per heavy atom. The zero-order chi connectivity index (χ0) is 11.0. The summed E-state index contributed by atoms with van der Waals surface area (Å²) in [7, 11) is 0. The first-order valence-electron chi connectivity index (χ1n) is 4.15. The van der Waals surface area contributed by atoms with Crippen LogP contribution < -0.4 is 0 Å². The fraction of sp³-hybridized carbons (Fsp3) is 0.300. The quantitative estimate of drug-likeness (QED) is 0.683. The molecule has 0 unspecified atom stereocenters. The van der Waals surface area contributed by atoms with Gasteiger partial charge in [-0.15, -0.1) is 0 Å². The molecular weight excluding hydrogens is 216 g/mol. The lowest BCUT2D eigenvalue weighted by atomic mass is 10.1. The molecule has 14 heavy (non-hydrogen) atoms. The van der Waals surface area contributed by atoms with Gasteiger partial charge in [-0.3, -0.25) is 0 Å². The van der Waals surface area contributed by atoms with Crippen LogP contribution >= 0.6 is 25.3 Å². The molecule has 0 radical (unpaired) electrons. The van der Waals surface area contributed by atoms with Crippen LogP contribution in [-0.4, -0.2) is 16.2 Å². The molecule has 0 heterocycles. The lowest BCUT2D eigenvalue weighted by Crippen LogP contribution is -1.88. The number of aryl methyl sites for hydroxylation is 2. The van der Waals surface area contributed by atoms with Crippen molar-refractivity contribution in [2.75, 3.05) is 5.75 Å². The molecule has 0 amide bonds. The van der Waals surface area contributed by atoms with E-state index in [1.54, 1.807) is 0 Å². The van der Waals surface area contributed by atoms with Crippen molar-refractivity contribution in [3.05, 3.63) is 35.4 Å². The van der Waals surface area contributed by atoms with Crippen LogP contribution in [0.5, 0.6) is 0 Å². The predicted molar refractivity (Wildman–Crippen MR) is 65.7 cm³/mol. The maximum absolute atomic E-state index is 8.86. The molecule has 78 valence electrons. The average Bonchev–Trinajstić information content (AvgIpc) is 2.08. The van der Waals surface area contributed by atoms with Crippen LogP contribution in [-0.2, 0) is 6.42 Å². The normalized spacial score (nSPS) is 8.79. The highest BCUT2D eigenvalue weighted by Crippen LogP contribution is 2.07. The van der Waals surface area contributed by atoms with Crippen LogP contribution in [0.15, 0.2) is 24.3 Å². The van der Waals surface area contributed by atoms with Gasteiger partial charge < -0.3 is 5.11 Å². The standard InChI is InChI=1S/C9H12S.CH2O2S/c1-8-4-2-3-5-9(8)6-7-10;2-1(3)4/h2-5,10H,6-7H2,1H3;4H,(H,2,3). The second-order valence-electron chi connectivity index (χ2n) is 2.68. The van der Waals surface area contributed by atoms with Gasteiger partial charge in [0.2, 0.25) is 0 Å². The van der Waals surface area contributed by atoms with E-state index in [1.807, 2.05) is 0 Å². The van der Waals surface area contributed by atoms with Crippen molar-refractivity contribution in [1.82, 2.24) is 0 Å². The topological polar surface area (TPSA) is 37.3 Å². The molecule has 0 bridgehead atoms. The zero-order valence-electron chi connectivity index (χ0n) is 7.97. The average molecular weight is 230 g/mol. The second-order valence-corrected chi connectivity index (χ2v) is 3.51. The Morgan fingerprint density at radius 2 is 1.93 bits per heavy atom. The first-order chi connectivity index (χ1) is 6.57. The second kappa shape index (κ2) is 7.76. The van der Waals surface area contributed by atoms with Crippen LogP contribution in [0.4, 0.5) is 4.79 Å². The summed E-state index contributed by atoms with van der Waals surface area (Å²) in [6.45, 7) is 2.14. The molecule has 0 fully saturated rings. The molecule has 2 nitrogen and oxygen atoms in total. The van der Waals surface area contributed by atoms with Gasteiger partial charge in [0.1, 0.15) is 0 Å². The summed E-state index contributed by atoms with van der Waals surface area (Å²) < 4.78 is 0. The molecule has 0 aliphatic carbocycles. The molecule has 0 spiro atoms. The van der Waals surface area contributed by atoms with Crippen LogP contribution in [0.25, 0.3) is 0 Å². The van der Waals surface area contributed by atoms with Gasteiger partial charge in [0.05, 0.1) is 0 Å². The maximum Gasteiger partial charge on any atom is 0.361 e. The van der Waals surface area contributed by atoms with E-state index in [-0.39, 0.29) is 0 Å². The lowest BCUT2D eigenvalue weighted by molar-refractivity contribution is 0.222. The first kappa shape index (κ1) is 13.4. The van der Waals surface area contributed by atoms with Crippen molar-refractivity contribution in [2.45, 2.75) is 13.3 Å². The van der Waals surface area contributed by atoms with E-state index in [1.165, 1.54) is 11.1 Å². The number of rotatable bonds is 2. The Hall–Kier alpha value is -0.610. The molecule has 0 atom stereocenters. The third kappa shape index (κ3) is 6.86. The highest BCUT2D eigenvalue weighted by Gasteiger charge is 1.92. The van der Waals surface area contributed by atoms with Crippen LogP contribution in [0.1, 0.15) is 11.1 Å². The van der Waals surface area contributed by atoms with Crippen molar-refractivity contribution in [3.8, 4) is 0 Å². The summed E-state index contributed by atoms with van der Waals surface area (Å²) in [6.07, 6.45) is 1.08. The molecule has 1 aromatic rings. The molecule has 1 N–H and O–H groups in total. The number of benzene rings is 1. The van der Waals surface area contributed by atoms with Crippen LogP contribution in [0.3, 0.4) is 0 Å². The van der Waals surface area contributed by atoms with Crippen LogP contribution in [0.2, 0.25) is 0 Å². The largest absolute Gasteiger partial charge is 0.473 e. The Kier molecular flexibility index (Phi) is 7.42. The van der Waals surface area contributed by atoms with E-state index in [2.05, 4.69) is 56.4 Å². The van der Waals surface area contributed by atoms with E-state index >= 15 is 0 Å². The van der Waals surface area contributed by atoms with Gasteiger partial charge in [-0.25, -0.2) is 4.79 Å². The van der Waals surface area contributed by atoms with E-state index in [0.717, 1.165) is 12.2 Å². The van der Waals surface area contributed by atoms with Crippen molar-refractivity contribution in [1.29, 1.82) is 0 Å². The van der Waals surface area contributed by atoms with Gasteiger partial charge in [0.25, 0.3) is 0 Å². The van der Waals surface area contributed by atoms with Crippen molar-refractivity contribution < 1.29 is 9.90 Å². The minimum Gasteiger partial charge on any atom is -0.473 e. The van der Waals surface area contributed by atoms with Gasteiger partial charge in [0, 0.05) is 0 Å². The van der Waals surface area contributed by atoms with E-state index in [9.17, 15) is 0 Å². The fourth-order valence-electron chi connectivity index (χ4n) is 1.01. The minimum atomic E-state index is -1.14. The van der Waals surface area contributed by atoms with Gasteiger partial charge in [-0.1, -0.05) is 36.9 Å². The molecule has 4 heteroatoms. The van der Waals surface area contributed by atoms with Gasteiger partial charge in [0.15, 0.2) is 0 Å². The Balaban J connectivity index is 0.000000364. The summed E-state index contributed by atoms with van der Waals surface area (Å²) in [4.78, 5) is 8.86. The lowest BCUT2D eigenvalue weighted by Gasteiger charge is -2.00. The molecule has 1 rings (SSSR count). The summed E-state index contributed by atoms with van der Waals surface area (Å²) in [5.74, 6) is 0.935. The third-order valence-corrected chi connectivity index (χ3v) is 1.87. The number of carbonyl (C=O) groups is 1. The summed E-state index contributed by atoms with van der Waals surface area (Å²) >= 11 is 7.06. The van der Waals surface area contributed by atoms with Crippen LogP contribution in [0, 0.1) is 6.92 Å². The van der Waals surface area contributed by atoms with E-state index < -0.39 is 5.30 Å². The molecule has 0 saturated carbocycles. The Labute approximate surface area is 95.2 Å². The maximum atomic E-state index is 8.86. The molecule has 0 aliphatic rings. The van der Waals surface area contributed by atoms with Crippen molar-refractivity contribution >= 4 is 30.6 Å². The summed E-state index contributed by atoms with van der Waals surface area (Å²) in [6, 6.07) is 8.44. The first-order valence-corrected chi connectivity index (χ1v) is 5.23. The number of carboxylic acid groups (broad SMARTS) is 1. The third-order valence-electron chi connectivity index (χ3n) is 1.64. The predicted octanol–water partition coefficient (Wildman–Crippen LogP) is 3.06. The minimum absolute atomic E-state index is 0.935. The van der Waals surface area contributed by atoms with Gasteiger partial charge >= 0.3 is 5.30 Å². The molecule has 1 aromatic carbocycles. The fourth-order valence-corrected chi connectivity index (χ4v) is 1.25. The smallest absolute Gasteiger partial charge is 0.361 e. The highest BCUT2D eigenvalue weighted by atomic mass is 32.1. The molecule has 0 aromatic heterocycles. The number of hydrogen-bond donors (Lipinski definition) is 3. The van der Waals surface area contributed by atoms with Gasteiger partial charge in [-0.2, -0.15) is 12.6 Å². The van der Waals surface area contributed by atoms with Crippen molar-refractivity contribution in [2.24, 2.45) is 0 Å².